The number of likely N-dealkylation sites (N-methyl/N-ethyl adjacent to an activating group) is 1. The SMILES string of the molecule is COc1cccc([C@@]23CCN(C)C[C@@]2(OC)CC[C@@H](NC(=O)CCCCCc2ccccc2)C3)c1. The van der Waals surface area contributed by atoms with Crippen molar-refractivity contribution in [3.8, 4) is 5.75 Å². The van der Waals surface area contributed by atoms with Crippen LogP contribution in [0, 0.1) is 0 Å². The third-order valence-corrected chi connectivity index (χ3v) is 8.40. The van der Waals surface area contributed by atoms with Gasteiger partial charge >= 0.3 is 0 Å². The molecule has 2 aromatic carbocycles. The molecule has 35 heavy (non-hydrogen) atoms. The van der Waals surface area contributed by atoms with Crippen LogP contribution >= 0.6 is 0 Å². The molecule has 1 saturated heterocycles. The molecule has 2 fully saturated rings. The van der Waals surface area contributed by atoms with E-state index in [0.29, 0.717) is 6.42 Å². The fourth-order valence-electron chi connectivity index (χ4n) is 6.48. The van der Waals surface area contributed by atoms with Crippen molar-refractivity contribution in [2.45, 2.75) is 74.8 Å². The number of nitrogens with one attached hydrogen (secondary N) is 1. The van der Waals surface area contributed by atoms with E-state index in [1.165, 1.54) is 11.1 Å². The van der Waals surface area contributed by atoms with Crippen LogP contribution in [0.5, 0.6) is 5.75 Å². The summed E-state index contributed by atoms with van der Waals surface area (Å²) in [5, 5.41) is 3.40. The smallest absolute Gasteiger partial charge is 0.220 e. The molecule has 0 unspecified atom stereocenters. The molecule has 0 spiro atoms. The van der Waals surface area contributed by atoms with E-state index in [1.54, 1.807) is 7.11 Å². The fraction of sp³-hybridized carbons (Fsp3) is 0.567. The molecule has 1 amide bonds. The van der Waals surface area contributed by atoms with Gasteiger partial charge in [-0.2, -0.15) is 0 Å². The summed E-state index contributed by atoms with van der Waals surface area (Å²) in [7, 11) is 5.77. The molecule has 190 valence electrons. The van der Waals surface area contributed by atoms with Crippen molar-refractivity contribution in [3.05, 3.63) is 65.7 Å². The third kappa shape index (κ3) is 5.73. The van der Waals surface area contributed by atoms with Gasteiger partial charge in [0, 0.05) is 31.5 Å². The Kier molecular flexibility index (Phi) is 8.51. The minimum absolute atomic E-state index is 0.144. The van der Waals surface area contributed by atoms with Crippen LogP contribution in [0.4, 0.5) is 0 Å². The Morgan fingerprint density at radius 1 is 1.06 bits per heavy atom. The summed E-state index contributed by atoms with van der Waals surface area (Å²) in [5.41, 5.74) is 2.24. The maximum atomic E-state index is 12.9. The maximum absolute atomic E-state index is 12.9. The number of carbonyl (C=O) groups is 1. The van der Waals surface area contributed by atoms with Crippen molar-refractivity contribution in [3.63, 3.8) is 0 Å². The number of nitrogens with zero attached hydrogens (tertiary/aromatic N) is 1. The first-order chi connectivity index (χ1) is 17.0. The number of unbranched alkanes of at least 4 members (excludes halogenated alkanes) is 2. The van der Waals surface area contributed by atoms with Crippen molar-refractivity contribution in [2.24, 2.45) is 0 Å². The van der Waals surface area contributed by atoms with Gasteiger partial charge in [0.25, 0.3) is 0 Å². The van der Waals surface area contributed by atoms with Crippen molar-refractivity contribution >= 4 is 5.91 Å². The molecule has 0 aromatic heterocycles. The summed E-state index contributed by atoms with van der Waals surface area (Å²) >= 11 is 0. The van der Waals surface area contributed by atoms with Crippen LogP contribution in [0.2, 0.25) is 0 Å². The van der Waals surface area contributed by atoms with Crippen LogP contribution in [0.15, 0.2) is 54.6 Å². The van der Waals surface area contributed by atoms with Crippen molar-refractivity contribution < 1.29 is 14.3 Å². The minimum atomic E-state index is -0.259. The number of benzene rings is 2. The average Bonchev–Trinajstić information content (AvgIpc) is 2.89. The normalized spacial score (nSPS) is 26.7. The van der Waals surface area contributed by atoms with E-state index in [2.05, 4.69) is 65.8 Å². The molecule has 1 aliphatic carbocycles. The molecule has 5 heteroatoms. The highest BCUT2D eigenvalue weighted by Gasteiger charge is 2.58. The number of likely N-dealkylation sites (tertiary alicyclic amines) is 1. The second-order valence-corrected chi connectivity index (χ2v) is 10.6. The van der Waals surface area contributed by atoms with E-state index < -0.39 is 0 Å². The highest BCUT2D eigenvalue weighted by molar-refractivity contribution is 5.76. The van der Waals surface area contributed by atoms with Gasteiger partial charge in [-0.1, -0.05) is 48.9 Å². The number of piperidine rings is 1. The Morgan fingerprint density at radius 3 is 2.66 bits per heavy atom. The standard InChI is InChI=1S/C30H42N2O3/c1-32-20-19-29(25-14-10-15-27(21-25)34-2)22-26(17-18-30(29,23-32)35-3)31-28(33)16-9-5-8-13-24-11-6-4-7-12-24/h4,6-7,10-12,14-15,21,26H,5,8-9,13,16-20,22-23H2,1-3H3,(H,31,33)/t26-,29+,30+/m1/s1. The van der Waals surface area contributed by atoms with E-state index in [0.717, 1.165) is 70.2 Å². The van der Waals surface area contributed by atoms with Crippen molar-refractivity contribution in [1.82, 2.24) is 10.2 Å². The van der Waals surface area contributed by atoms with Crippen molar-refractivity contribution in [1.29, 1.82) is 0 Å². The summed E-state index contributed by atoms with van der Waals surface area (Å²) in [5.74, 6) is 1.07. The van der Waals surface area contributed by atoms with E-state index in [9.17, 15) is 4.79 Å². The first-order valence-corrected chi connectivity index (χ1v) is 13.2. The highest BCUT2D eigenvalue weighted by atomic mass is 16.5. The Bertz CT molecular complexity index is 965. The number of hydrogen-bond acceptors (Lipinski definition) is 4. The van der Waals surface area contributed by atoms with Gasteiger partial charge in [-0.15, -0.1) is 0 Å². The first kappa shape index (κ1) is 25.7. The predicted molar refractivity (Wildman–Crippen MR) is 141 cm³/mol. The summed E-state index contributed by atoms with van der Waals surface area (Å²) in [6.45, 7) is 1.92. The Labute approximate surface area is 211 Å². The van der Waals surface area contributed by atoms with Gasteiger partial charge in [-0.25, -0.2) is 0 Å². The maximum Gasteiger partial charge on any atom is 0.220 e. The lowest BCUT2D eigenvalue weighted by Crippen LogP contribution is -2.67. The molecule has 2 aliphatic rings. The minimum Gasteiger partial charge on any atom is -0.497 e. The largest absolute Gasteiger partial charge is 0.497 e. The molecule has 5 nitrogen and oxygen atoms in total. The molecule has 1 saturated carbocycles. The van der Waals surface area contributed by atoms with Gasteiger partial charge in [0.15, 0.2) is 0 Å². The number of fused-ring (bicyclic) bond motifs is 1. The van der Waals surface area contributed by atoms with Gasteiger partial charge in [0.2, 0.25) is 5.91 Å². The molecule has 1 heterocycles. The molecule has 2 aromatic rings. The fourth-order valence-corrected chi connectivity index (χ4v) is 6.48. The Balaban J connectivity index is 1.39. The van der Waals surface area contributed by atoms with Gasteiger partial charge < -0.3 is 19.7 Å². The molecule has 0 bridgehead atoms. The number of carbonyl (C=O) groups excluding carboxylic acids is 1. The first-order valence-electron chi connectivity index (χ1n) is 13.2. The number of methoxy groups -OCH3 is 2. The van der Waals surface area contributed by atoms with Crippen LogP contribution < -0.4 is 10.1 Å². The number of aryl methyl sites for hydroxylation is 1. The lowest BCUT2D eigenvalue weighted by atomic mass is 9.55. The van der Waals surface area contributed by atoms with Crippen LogP contribution in [-0.2, 0) is 21.4 Å². The number of rotatable bonds is 10. The van der Waals surface area contributed by atoms with Crippen LogP contribution in [0.25, 0.3) is 0 Å². The zero-order chi connectivity index (χ0) is 24.7. The third-order valence-electron chi connectivity index (χ3n) is 8.40. The number of ether oxygens (including phenoxy) is 2. The van der Waals surface area contributed by atoms with E-state index >= 15 is 0 Å². The number of hydrogen-bond donors (Lipinski definition) is 1. The van der Waals surface area contributed by atoms with Crippen molar-refractivity contribution in [2.75, 3.05) is 34.4 Å². The molecule has 4 rings (SSSR count). The second kappa shape index (κ2) is 11.6. The lowest BCUT2D eigenvalue weighted by Gasteiger charge is -2.59. The average molecular weight is 479 g/mol. The van der Waals surface area contributed by atoms with Gasteiger partial charge in [-0.05, 0) is 81.8 Å². The quantitative estimate of drug-likeness (QED) is 0.481. The predicted octanol–water partition coefficient (Wildman–Crippen LogP) is 5.13. The molecule has 1 N–H and O–H groups in total. The van der Waals surface area contributed by atoms with E-state index in [4.69, 9.17) is 9.47 Å². The van der Waals surface area contributed by atoms with E-state index in [-0.39, 0.29) is 23.0 Å². The molecular formula is C30H42N2O3. The van der Waals surface area contributed by atoms with E-state index in [1.807, 2.05) is 13.2 Å². The topological polar surface area (TPSA) is 50.8 Å². The highest BCUT2D eigenvalue weighted by Crippen LogP contribution is 2.53. The Morgan fingerprint density at radius 2 is 1.89 bits per heavy atom. The zero-order valence-electron chi connectivity index (χ0n) is 21.7. The monoisotopic (exact) mass is 478 g/mol. The van der Waals surface area contributed by atoms with Gasteiger partial charge in [0.1, 0.15) is 5.75 Å². The van der Waals surface area contributed by atoms with Crippen LogP contribution in [-0.4, -0.2) is 56.8 Å². The molecular weight excluding hydrogens is 436 g/mol. The summed E-state index contributed by atoms with van der Waals surface area (Å²) < 4.78 is 11.9. The molecule has 3 atom stereocenters. The van der Waals surface area contributed by atoms with Crippen LogP contribution in [0.1, 0.15) is 62.5 Å². The number of amides is 1. The summed E-state index contributed by atoms with van der Waals surface area (Å²) in [4.78, 5) is 15.3. The lowest BCUT2D eigenvalue weighted by molar-refractivity contribution is -0.147. The molecule has 0 radical (unpaired) electrons. The second-order valence-electron chi connectivity index (χ2n) is 10.6. The summed E-state index contributed by atoms with van der Waals surface area (Å²) in [6.07, 6.45) is 8.65. The Hall–Kier alpha value is -2.37. The zero-order valence-corrected chi connectivity index (χ0v) is 21.7. The van der Waals surface area contributed by atoms with Gasteiger partial charge in [-0.3, -0.25) is 4.79 Å². The summed E-state index contributed by atoms with van der Waals surface area (Å²) in [6, 6.07) is 19.2. The van der Waals surface area contributed by atoms with Gasteiger partial charge in [0.05, 0.1) is 12.7 Å². The molecule has 1 aliphatic heterocycles. The van der Waals surface area contributed by atoms with Crippen LogP contribution in [0.3, 0.4) is 0 Å².